The number of carboxylic acid groups (broad SMARTS) is 1. The molecule has 1 aromatic heterocycles. The van der Waals surface area contributed by atoms with Crippen molar-refractivity contribution in [2.24, 2.45) is 0 Å². The van der Waals surface area contributed by atoms with Gasteiger partial charge >= 0.3 is 18.0 Å². The average Bonchev–Trinajstić information content (AvgIpc) is 2.83. The van der Waals surface area contributed by atoms with Gasteiger partial charge in [-0.15, -0.1) is 11.3 Å². The Kier molecular flexibility index (Phi) is 5.42. The average molecular weight is 298 g/mol. The molecule has 0 unspecified atom stereocenters. The second kappa shape index (κ2) is 7.04. The monoisotopic (exact) mass is 298 g/mol. The minimum absolute atomic E-state index is 0.177. The van der Waals surface area contributed by atoms with Crippen LogP contribution in [0.4, 0.5) is 10.5 Å². The van der Waals surface area contributed by atoms with Crippen molar-refractivity contribution in [3.05, 3.63) is 28.5 Å². The van der Waals surface area contributed by atoms with Crippen molar-refractivity contribution in [2.45, 2.75) is 0 Å². The number of aliphatic carboxylic acids is 1. The predicted octanol–water partition coefficient (Wildman–Crippen LogP) is 0.824. The van der Waals surface area contributed by atoms with Crippen molar-refractivity contribution in [3.8, 4) is 0 Å². The standard InChI is InChI=1S/C11H10N2O6S/c1-19-10(17)9-6(4-5-20-9)12-11(18)13-7(14)2-3-8(15)16/h2-5H,1H3,(H,15,16)(H2,12,13,14,18)/b3-2+. The molecule has 0 saturated heterocycles. The Balaban J connectivity index is 2.63. The number of amides is 3. The summed E-state index contributed by atoms with van der Waals surface area (Å²) in [6, 6.07) is 0.572. The van der Waals surface area contributed by atoms with Gasteiger partial charge in [0.15, 0.2) is 0 Å². The smallest absolute Gasteiger partial charge is 0.350 e. The first kappa shape index (κ1) is 15.4. The highest BCUT2D eigenvalue weighted by molar-refractivity contribution is 7.12. The normalized spacial score (nSPS) is 10.1. The molecule has 8 nitrogen and oxygen atoms in total. The van der Waals surface area contributed by atoms with Crippen molar-refractivity contribution >= 4 is 40.9 Å². The number of methoxy groups -OCH3 is 1. The van der Waals surface area contributed by atoms with Gasteiger partial charge in [-0.05, 0) is 11.4 Å². The van der Waals surface area contributed by atoms with E-state index in [2.05, 4.69) is 10.1 Å². The molecule has 0 bridgehead atoms. The molecular weight excluding hydrogens is 288 g/mol. The highest BCUT2D eigenvalue weighted by Crippen LogP contribution is 2.22. The number of rotatable bonds is 4. The fourth-order valence-electron chi connectivity index (χ4n) is 1.11. The Morgan fingerprint density at radius 3 is 2.60 bits per heavy atom. The quantitative estimate of drug-likeness (QED) is 0.559. The van der Waals surface area contributed by atoms with E-state index in [-0.39, 0.29) is 10.6 Å². The Hall–Kier alpha value is -2.68. The number of urea groups is 1. The molecule has 0 aromatic carbocycles. The number of carboxylic acids is 1. The highest BCUT2D eigenvalue weighted by Gasteiger charge is 2.16. The zero-order chi connectivity index (χ0) is 15.1. The number of anilines is 1. The summed E-state index contributed by atoms with van der Waals surface area (Å²) in [5.41, 5.74) is 0.189. The van der Waals surface area contributed by atoms with Crippen LogP contribution in [0.15, 0.2) is 23.6 Å². The predicted molar refractivity (Wildman–Crippen MR) is 69.6 cm³/mol. The fraction of sp³-hybridized carbons (Fsp3) is 0.0909. The molecule has 106 valence electrons. The van der Waals surface area contributed by atoms with Crippen LogP contribution in [0.25, 0.3) is 0 Å². The van der Waals surface area contributed by atoms with Gasteiger partial charge < -0.3 is 15.2 Å². The van der Waals surface area contributed by atoms with E-state index in [1.165, 1.54) is 13.2 Å². The van der Waals surface area contributed by atoms with E-state index in [0.717, 1.165) is 11.3 Å². The summed E-state index contributed by atoms with van der Waals surface area (Å²) in [6.07, 6.45) is 1.28. The van der Waals surface area contributed by atoms with Crippen LogP contribution in [0.2, 0.25) is 0 Å². The Bertz CT molecular complexity index is 577. The van der Waals surface area contributed by atoms with Crippen LogP contribution in [0.1, 0.15) is 9.67 Å². The number of esters is 1. The SMILES string of the molecule is COC(=O)c1sccc1NC(=O)NC(=O)/C=C/C(=O)O. The van der Waals surface area contributed by atoms with Crippen molar-refractivity contribution < 1.29 is 29.0 Å². The third-order valence-electron chi connectivity index (χ3n) is 1.90. The van der Waals surface area contributed by atoms with E-state index in [0.29, 0.717) is 12.2 Å². The number of carbonyl (C=O) groups excluding carboxylic acids is 3. The molecule has 3 amide bonds. The van der Waals surface area contributed by atoms with Crippen LogP contribution in [0.3, 0.4) is 0 Å². The van der Waals surface area contributed by atoms with Gasteiger partial charge in [-0.2, -0.15) is 0 Å². The van der Waals surface area contributed by atoms with Gasteiger partial charge in [0.2, 0.25) is 0 Å². The number of carbonyl (C=O) groups is 4. The minimum atomic E-state index is -1.31. The molecule has 0 aliphatic heterocycles. The molecule has 0 fully saturated rings. The minimum Gasteiger partial charge on any atom is -0.478 e. The summed E-state index contributed by atoms with van der Waals surface area (Å²) in [6.45, 7) is 0. The van der Waals surface area contributed by atoms with Crippen LogP contribution in [0.5, 0.6) is 0 Å². The summed E-state index contributed by atoms with van der Waals surface area (Å²) in [4.78, 5) is 44.3. The van der Waals surface area contributed by atoms with Gasteiger partial charge in [0.25, 0.3) is 5.91 Å². The second-order valence-corrected chi connectivity index (χ2v) is 4.19. The Morgan fingerprint density at radius 1 is 1.30 bits per heavy atom. The van der Waals surface area contributed by atoms with Gasteiger partial charge in [-0.1, -0.05) is 0 Å². The van der Waals surface area contributed by atoms with Crippen LogP contribution in [-0.2, 0) is 14.3 Å². The lowest BCUT2D eigenvalue weighted by Gasteiger charge is -2.05. The van der Waals surface area contributed by atoms with E-state index < -0.39 is 23.9 Å². The maximum absolute atomic E-state index is 11.5. The third kappa shape index (κ3) is 4.53. The molecule has 0 aliphatic rings. The van der Waals surface area contributed by atoms with E-state index in [4.69, 9.17) is 5.11 Å². The van der Waals surface area contributed by atoms with Crippen LogP contribution in [-0.4, -0.2) is 36.1 Å². The van der Waals surface area contributed by atoms with Gasteiger partial charge in [-0.25, -0.2) is 14.4 Å². The van der Waals surface area contributed by atoms with Crippen molar-refractivity contribution in [1.82, 2.24) is 5.32 Å². The van der Waals surface area contributed by atoms with E-state index in [9.17, 15) is 19.2 Å². The summed E-state index contributed by atoms with van der Waals surface area (Å²) < 4.78 is 4.52. The number of hydrogen-bond donors (Lipinski definition) is 3. The van der Waals surface area contributed by atoms with E-state index >= 15 is 0 Å². The van der Waals surface area contributed by atoms with Gasteiger partial charge in [0.05, 0.1) is 12.8 Å². The molecular formula is C11H10N2O6S. The Labute approximate surface area is 117 Å². The topological polar surface area (TPSA) is 122 Å². The molecule has 1 aromatic rings. The molecule has 0 spiro atoms. The number of ether oxygens (including phenoxy) is 1. The van der Waals surface area contributed by atoms with Gasteiger partial charge in [0.1, 0.15) is 4.88 Å². The van der Waals surface area contributed by atoms with Crippen molar-refractivity contribution in [3.63, 3.8) is 0 Å². The van der Waals surface area contributed by atoms with Crippen LogP contribution in [0, 0.1) is 0 Å². The lowest BCUT2D eigenvalue weighted by atomic mass is 10.4. The Morgan fingerprint density at radius 2 is 2.00 bits per heavy atom. The number of hydrogen-bond acceptors (Lipinski definition) is 6. The number of thiophene rings is 1. The molecule has 3 N–H and O–H groups in total. The van der Waals surface area contributed by atoms with Gasteiger partial charge in [0, 0.05) is 12.2 Å². The number of nitrogens with one attached hydrogen (secondary N) is 2. The molecule has 9 heteroatoms. The first-order chi connectivity index (χ1) is 9.43. The maximum Gasteiger partial charge on any atom is 0.350 e. The lowest BCUT2D eigenvalue weighted by molar-refractivity contribution is -0.131. The molecule has 1 rings (SSSR count). The molecule has 20 heavy (non-hydrogen) atoms. The zero-order valence-corrected chi connectivity index (χ0v) is 11.0. The van der Waals surface area contributed by atoms with Crippen LogP contribution >= 0.6 is 11.3 Å². The summed E-state index contributed by atoms with van der Waals surface area (Å²) in [5.74, 6) is -2.83. The molecule has 0 aliphatic carbocycles. The maximum atomic E-state index is 11.5. The highest BCUT2D eigenvalue weighted by atomic mass is 32.1. The molecule has 0 radical (unpaired) electrons. The number of imide groups is 1. The third-order valence-corrected chi connectivity index (χ3v) is 2.79. The second-order valence-electron chi connectivity index (χ2n) is 3.27. The van der Waals surface area contributed by atoms with E-state index in [1.54, 1.807) is 5.38 Å². The molecule has 0 atom stereocenters. The van der Waals surface area contributed by atoms with Crippen LogP contribution < -0.4 is 10.6 Å². The summed E-state index contributed by atoms with van der Waals surface area (Å²) in [7, 11) is 1.20. The van der Waals surface area contributed by atoms with Crippen molar-refractivity contribution in [2.75, 3.05) is 12.4 Å². The summed E-state index contributed by atoms with van der Waals surface area (Å²) >= 11 is 1.06. The van der Waals surface area contributed by atoms with Gasteiger partial charge in [-0.3, -0.25) is 10.1 Å². The first-order valence-corrected chi connectivity index (χ1v) is 6.00. The van der Waals surface area contributed by atoms with Crippen molar-refractivity contribution in [1.29, 1.82) is 0 Å². The summed E-state index contributed by atoms with van der Waals surface area (Å²) in [5, 5.41) is 14.0. The molecule has 1 heterocycles. The van der Waals surface area contributed by atoms with E-state index in [1.807, 2.05) is 5.32 Å². The molecule has 0 saturated carbocycles. The fourth-order valence-corrected chi connectivity index (χ4v) is 1.88. The first-order valence-electron chi connectivity index (χ1n) is 5.12. The lowest BCUT2D eigenvalue weighted by Crippen LogP contribution is -2.33. The zero-order valence-electron chi connectivity index (χ0n) is 10.2. The largest absolute Gasteiger partial charge is 0.478 e.